The van der Waals surface area contributed by atoms with Crippen LogP contribution < -0.4 is 5.73 Å². The largest absolute Gasteiger partial charge is 0.469 e. The lowest BCUT2D eigenvalue weighted by molar-refractivity contribution is -0.142. The molecule has 0 spiro atoms. The zero-order chi connectivity index (χ0) is 12.2. The summed E-state index contributed by atoms with van der Waals surface area (Å²) in [7, 11) is 1.43. The Morgan fingerprint density at radius 1 is 1.44 bits per heavy atom. The minimum atomic E-state index is -0.323. The summed E-state index contributed by atoms with van der Waals surface area (Å²) >= 11 is 0. The zero-order valence-electron chi connectivity index (χ0n) is 10.8. The zero-order valence-corrected chi connectivity index (χ0v) is 10.8. The predicted molar refractivity (Wildman–Crippen MR) is 65.0 cm³/mol. The van der Waals surface area contributed by atoms with Crippen molar-refractivity contribution < 1.29 is 9.53 Å². The molecule has 0 heterocycles. The van der Waals surface area contributed by atoms with Crippen LogP contribution in [0.5, 0.6) is 0 Å². The van der Waals surface area contributed by atoms with Gasteiger partial charge in [0.25, 0.3) is 0 Å². The van der Waals surface area contributed by atoms with Gasteiger partial charge in [-0.15, -0.1) is 0 Å². The lowest BCUT2D eigenvalue weighted by Gasteiger charge is -2.27. The Kier molecular flexibility index (Phi) is 4.78. The van der Waals surface area contributed by atoms with Crippen molar-refractivity contribution in [1.82, 2.24) is 0 Å². The minimum absolute atomic E-state index is 0.175. The summed E-state index contributed by atoms with van der Waals surface area (Å²) in [5.74, 6) is 1.31. The third-order valence-corrected chi connectivity index (χ3v) is 3.93. The third-order valence-electron chi connectivity index (χ3n) is 3.93. The molecular weight excluding hydrogens is 202 g/mol. The van der Waals surface area contributed by atoms with Gasteiger partial charge in [0.05, 0.1) is 13.5 Å². The fourth-order valence-corrected chi connectivity index (χ4v) is 2.66. The standard InChI is InChI=1S/C13H25NO2/c1-10(2)11-5-4-7-13(14,8-6-11)9-12(15)16-3/h10-11H,4-9,14H2,1-3H3. The van der Waals surface area contributed by atoms with E-state index < -0.39 is 0 Å². The van der Waals surface area contributed by atoms with Gasteiger partial charge in [0.1, 0.15) is 0 Å². The average molecular weight is 227 g/mol. The maximum Gasteiger partial charge on any atom is 0.307 e. The molecule has 2 atom stereocenters. The lowest BCUT2D eigenvalue weighted by atomic mass is 9.85. The second kappa shape index (κ2) is 5.67. The van der Waals surface area contributed by atoms with Crippen LogP contribution >= 0.6 is 0 Å². The first kappa shape index (κ1) is 13.5. The Bertz CT molecular complexity index is 240. The van der Waals surface area contributed by atoms with Crippen molar-refractivity contribution in [2.75, 3.05) is 7.11 Å². The SMILES string of the molecule is COC(=O)CC1(N)CCCC(C(C)C)CC1. The highest BCUT2D eigenvalue weighted by molar-refractivity contribution is 5.70. The number of hydrogen-bond donors (Lipinski definition) is 1. The number of ether oxygens (including phenoxy) is 1. The molecule has 2 N–H and O–H groups in total. The van der Waals surface area contributed by atoms with Crippen LogP contribution in [0.4, 0.5) is 0 Å². The predicted octanol–water partition coefficient (Wildman–Crippen LogP) is 2.48. The Labute approximate surface area is 98.7 Å². The van der Waals surface area contributed by atoms with Crippen molar-refractivity contribution in [2.45, 2.75) is 57.9 Å². The molecule has 94 valence electrons. The monoisotopic (exact) mass is 227 g/mol. The van der Waals surface area contributed by atoms with E-state index >= 15 is 0 Å². The molecule has 0 aromatic heterocycles. The first-order valence-electron chi connectivity index (χ1n) is 6.32. The van der Waals surface area contributed by atoms with Crippen LogP contribution in [-0.4, -0.2) is 18.6 Å². The molecule has 1 saturated carbocycles. The van der Waals surface area contributed by atoms with E-state index in [1.165, 1.54) is 13.5 Å². The summed E-state index contributed by atoms with van der Waals surface area (Å²) < 4.78 is 4.71. The number of carbonyl (C=O) groups is 1. The Balaban J connectivity index is 2.53. The van der Waals surface area contributed by atoms with Gasteiger partial charge in [-0.3, -0.25) is 4.79 Å². The second-order valence-electron chi connectivity index (χ2n) is 5.55. The maximum absolute atomic E-state index is 11.3. The van der Waals surface area contributed by atoms with Crippen LogP contribution in [0.3, 0.4) is 0 Å². The fraction of sp³-hybridized carbons (Fsp3) is 0.923. The van der Waals surface area contributed by atoms with Gasteiger partial charge in [0.15, 0.2) is 0 Å². The van der Waals surface area contributed by atoms with Gasteiger partial charge >= 0.3 is 5.97 Å². The fourth-order valence-electron chi connectivity index (χ4n) is 2.66. The molecule has 0 aliphatic heterocycles. The van der Waals surface area contributed by atoms with Crippen LogP contribution in [0, 0.1) is 11.8 Å². The van der Waals surface area contributed by atoms with Gasteiger partial charge in [0.2, 0.25) is 0 Å². The highest BCUT2D eigenvalue weighted by atomic mass is 16.5. The van der Waals surface area contributed by atoms with Gasteiger partial charge in [-0.2, -0.15) is 0 Å². The molecule has 0 aromatic carbocycles. The van der Waals surface area contributed by atoms with Crippen molar-refractivity contribution in [3.8, 4) is 0 Å². The van der Waals surface area contributed by atoms with Crippen LogP contribution in [0.25, 0.3) is 0 Å². The molecule has 3 nitrogen and oxygen atoms in total. The highest BCUT2D eigenvalue weighted by Gasteiger charge is 2.32. The first-order valence-corrected chi connectivity index (χ1v) is 6.32. The Morgan fingerprint density at radius 2 is 2.12 bits per heavy atom. The number of hydrogen-bond acceptors (Lipinski definition) is 3. The molecule has 0 radical (unpaired) electrons. The summed E-state index contributed by atoms with van der Waals surface area (Å²) in [6.07, 6.45) is 5.80. The molecule has 0 amide bonds. The van der Waals surface area contributed by atoms with Gasteiger partial charge in [-0.25, -0.2) is 0 Å². The normalized spacial score (nSPS) is 31.2. The van der Waals surface area contributed by atoms with Gasteiger partial charge in [-0.1, -0.05) is 26.7 Å². The molecule has 2 unspecified atom stereocenters. The van der Waals surface area contributed by atoms with Crippen LogP contribution in [0.1, 0.15) is 52.4 Å². The van der Waals surface area contributed by atoms with E-state index in [2.05, 4.69) is 13.8 Å². The van der Waals surface area contributed by atoms with Crippen LogP contribution in [0.2, 0.25) is 0 Å². The summed E-state index contributed by atoms with van der Waals surface area (Å²) in [6.45, 7) is 4.54. The molecule has 1 aliphatic carbocycles. The van der Waals surface area contributed by atoms with Crippen LogP contribution in [0.15, 0.2) is 0 Å². The number of carbonyl (C=O) groups excluding carboxylic acids is 1. The van der Waals surface area contributed by atoms with Gasteiger partial charge in [0, 0.05) is 5.54 Å². The number of esters is 1. The molecule has 1 aliphatic rings. The van der Waals surface area contributed by atoms with E-state index in [1.807, 2.05) is 0 Å². The van der Waals surface area contributed by atoms with E-state index in [4.69, 9.17) is 10.5 Å². The number of nitrogens with two attached hydrogens (primary N) is 1. The third kappa shape index (κ3) is 3.78. The molecule has 1 rings (SSSR count). The van der Waals surface area contributed by atoms with Crippen molar-refractivity contribution in [1.29, 1.82) is 0 Å². The van der Waals surface area contributed by atoms with E-state index in [0.29, 0.717) is 6.42 Å². The maximum atomic E-state index is 11.3. The van der Waals surface area contributed by atoms with E-state index in [-0.39, 0.29) is 11.5 Å². The number of rotatable bonds is 3. The van der Waals surface area contributed by atoms with E-state index in [0.717, 1.165) is 37.5 Å². The van der Waals surface area contributed by atoms with Crippen molar-refractivity contribution >= 4 is 5.97 Å². The molecule has 0 saturated heterocycles. The smallest absolute Gasteiger partial charge is 0.307 e. The summed E-state index contributed by atoms with van der Waals surface area (Å²) in [6, 6.07) is 0. The van der Waals surface area contributed by atoms with Crippen molar-refractivity contribution in [3.05, 3.63) is 0 Å². The second-order valence-corrected chi connectivity index (χ2v) is 5.55. The summed E-state index contributed by atoms with van der Waals surface area (Å²) in [4.78, 5) is 11.3. The molecule has 16 heavy (non-hydrogen) atoms. The quantitative estimate of drug-likeness (QED) is 0.595. The molecule has 3 heteroatoms. The van der Waals surface area contributed by atoms with Crippen LogP contribution in [-0.2, 0) is 9.53 Å². The highest BCUT2D eigenvalue weighted by Crippen LogP contribution is 2.34. The first-order chi connectivity index (χ1) is 7.47. The minimum Gasteiger partial charge on any atom is -0.469 e. The lowest BCUT2D eigenvalue weighted by Crippen LogP contribution is -2.41. The number of methoxy groups -OCH3 is 1. The van der Waals surface area contributed by atoms with E-state index in [1.54, 1.807) is 0 Å². The topological polar surface area (TPSA) is 52.3 Å². The Morgan fingerprint density at radius 3 is 2.69 bits per heavy atom. The Hall–Kier alpha value is -0.570. The summed E-state index contributed by atoms with van der Waals surface area (Å²) in [5, 5.41) is 0. The molecule has 1 fully saturated rings. The average Bonchev–Trinajstić information content (AvgIpc) is 2.40. The van der Waals surface area contributed by atoms with Crippen molar-refractivity contribution in [3.63, 3.8) is 0 Å². The molecular formula is C13H25NO2. The van der Waals surface area contributed by atoms with E-state index in [9.17, 15) is 4.79 Å². The molecule has 0 aromatic rings. The van der Waals surface area contributed by atoms with Gasteiger partial charge in [-0.05, 0) is 31.1 Å². The molecule has 0 bridgehead atoms. The summed E-state index contributed by atoms with van der Waals surface area (Å²) in [5.41, 5.74) is 5.97. The van der Waals surface area contributed by atoms with Crippen molar-refractivity contribution in [2.24, 2.45) is 17.6 Å². The van der Waals surface area contributed by atoms with Gasteiger partial charge < -0.3 is 10.5 Å².